The Morgan fingerprint density at radius 1 is 1.14 bits per heavy atom. The maximum Gasteiger partial charge on any atom is 0.243 e. The van der Waals surface area contributed by atoms with Gasteiger partial charge >= 0.3 is 0 Å². The average molecular weight is 311 g/mol. The lowest BCUT2D eigenvalue weighted by molar-refractivity contribution is 0.222. The van der Waals surface area contributed by atoms with Crippen molar-refractivity contribution in [3.63, 3.8) is 0 Å². The Kier molecular flexibility index (Phi) is 5.75. The lowest BCUT2D eigenvalue weighted by Crippen LogP contribution is -2.47. The first kappa shape index (κ1) is 16.4. The van der Waals surface area contributed by atoms with E-state index in [9.17, 15) is 8.42 Å². The highest BCUT2D eigenvalue weighted by Gasteiger charge is 2.28. The number of hydrogen-bond donors (Lipinski definition) is 1. The summed E-state index contributed by atoms with van der Waals surface area (Å²) in [4.78, 5) is 2.60. The second-order valence-corrected chi connectivity index (χ2v) is 7.40. The summed E-state index contributed by atoms with van der Waals surface area (Å²) in [5, 5.41) is 3.28. The monoisotopic (exact) mass is 311 g/mol. The van der Waals surface area contributed by atoms with Crippen LogP contribution in [0.5, 0.6) is 0 Å². The van der Waals surface area contributed by atoms with Crippen molar-refractivity contribution in [2.75, 3.05) is 39.8 Å². The Labute approximate surface area is 128 Å². The number of piperazine rings is 1. The van der Waals surface area contributed by atoms with Gasteiger partial charge in [-0.25, -0.2) is 8.42 Å². The lowest BCUT2D eigenvalue weighted by atomic mass is 10.2. The highest BCUT2D eigenvalue weighted by molar-refractivity contribution is 7.89. The first-order valence-corrected chi connectivity index (χ1v) is 8.97. The number of likely N-dealkylation sites (N-methyl/N-ethyl adjacent to an activating group) is 1. The Balaban J connectivity index is 2.19. The first-order chi connectivity index (χ1) is 10.1. The molecule has 1 heterocycles. The van der Waals surface area contributed by atoms with Crippen LogP contribution in [0.25, 0.3) is 0 Å². The molecule has 0 aliphatic carbocycles. The second kappa shape index (κ2) is 7.35. The van der Waals surface area contributed by atoms with E-state index in [0.29, 0.717) is 24.5 Å². The molecule has 2 rings (SSSR count). The Hall–Kier alpha value is -0.950. The van der Waals surface area contributed by atoms with Crippen LogP contribution in [0.4, 0.5) is 0 Å². The summed E-state index contributed by atoms with van der Waals surface area (Å²) in [5.41, 5.74) is 0.852. The van der Waals surface area contributed by atoms with Gasteiger partial charge in [0.05, 0.1) is 4.90 Å². The molecule has 5 nitrogen and oxygen atoms in total. The summed E-state index contributed by atoms with van der Waals surface area (Å²) in [5.74, 6) is 0. The molecule has 118 valence electrons. The zero-order valence-corrected chi connectivity index (χ0v) is 13.7. The zero-order chi connectivity index (χ0) is 15.3. The maximum atomic E-state index is 12.8. The lowest BCUT2D eigenvalue weighted by Gasteiger charge is -2.32. The van der Waals surface area contributed by atoms with Crippen LogP contribution in [-0.4, -0.2) is 57.4 Å². The van der Waals surface area contributed by atoms with Gasteiger partial charge in [-0.1, -0.05) is 25.1 Å². The van der Waals surface area contributed by atoms with E-state index in [2.05, 4.69) is 17.1 Å². The first-order valence-electron chi connectivity index (χ1n) is 7.53. The maximum absolute atomic E-state index is 12.8. The molecule has 1 aliphatic heterocycles. The standard InChI is InChI=1S/C15H25N3O2S/c1-3-8-16-13-14-6-4-5-7-15(14)21(19,20)18-11-9-17(2)10-12-18/h4-7,16H,3,8-13H2,1-2H3. The predicted molar refractivity (Wildman–Crippen MR) is 84.7 cm³/mol. The highest BCUT2D eigenvalue weighted by atomic mass is 32.2. The quantitative estimate of drug-likeness (QED) is 0.800. The van der Waals surface area contributed by atoms with Crippen LogP contribution in [0.15, 0.2) is 29.2 Å². The molecule has 6 heteroatoms. The molecule has 1 aromatic rings. The minimum Gasteiger partial charge on any atom is -0.313 e. The molecule has 1 aromatic carbocycles. The highest BCUT2D eigenvalue weighted by Crippen LogP contribution is 2.21. The summed E-state index contributed by atoms with van der Waals surface area (Å²) in [6.07, 6.45) is 1.04. The van der Waals surface area contributed by atoms with E-state index in [4.69, 9.17) is 0 Å². The van der Waals surface area contributed by atoms with E-state index in [1.165, 1.54) is 0 Å². The van der Waals surface area contributed by atoms with E-state index < -0.39 is 10.0 Å². The van der Waals surface area contributed by atoms with Crippen molar-refractivity contribution >= 4 is 10.0 Å². The number of hydrogen-bond acceptors (Lipinski definition) is 4. The van der Waals surface area contributed by atoms with Gasteiger partial charge in [0.15, 0.2) is 0 Å². The van der Waals surface area contributed by atoms with Gasteiger partial charge in [0.2, 0.25) is 10.0 Å². The van der Waals surface area contributed by atoms with E-state index in [0.717, 1.165) is 31.6 Å². The molecule has 0 amide bonds. The number of nitrogens with zero attached hydrogens (tertiary/aromatic N) is 2. The Morgan fingerprint density at radius 3 is 2.48 bits per heavy atom. The number of rotatable bonds is 6. The third-order valence-electron chi connectivity index (χ3n) is 3.79. The molecule has 1 saturated heterocycles. The molecule has 0 radical (unpaired) electrons. The van der Waals surface area contributed by atoms with Crippen LogP contribution in [0.1, 0.15) is 18.9 Å². The van der Waals surface area contributed by atoms with Gasteiger partial charge in [0.25, 0.3) is 0 Å². The fourth-order valence-corrected chi connectivity index (χ4v) is 4.11. The van der Waals surface area contributed by atoms with Gasteiger partial charge in [-0.2, -0.15) is 4.31 Å². The molecule has 0 spiro atoms. The molecule has 0 unspecified atom stereocenters. The molecule has 0 bridgehead atoms. The third-order valence-corrected chi connectivity index (χ3v) is 5.79. The summed E-state index contributed by atoms with van der Waals surface area (Å²) >= 11 is 0. The van der Waals surface area contributed by atoms with Crippen molar-refractivity contribution in [1.82, 2.24) is 14.5 Å². The fraction of sp³-hybridized carbons (Fsp3) is 0.600. The molecule has 1 N–H and O–H groups in total. The minimum absolute atomic E-state index is 0.443. The van der Waals surface area contributed by atoms with Crippen molar-refractivity contribution in [2.45, 2.75) is 24.8 Å². The molecular formula is C15H25N3O2S. The molecule has 21 heavy (non-hydrogen) atoms. The minimum atomic E-state index is -3.39. The van der Waals surface area contributed by atoms with Gasteiger partial charge in [-0.05, 0) is 31.6 Å². The van der Waals surface area contributed by atoms with Crippen molar-refractivity contribution < 1.29 is 8.42 Å². The van der Waals surface area contributed by atoms with Gasteiger partial charge in [0.1, 0.15) is 0 Å². The van der Waals surface area contributed by atoms with Crippen LogP contribution in [-0.2, 0) is 16.6 Å². The summed E-state index contributed by atoms with van der Waals surface area (Å²) in [6.45, 7) is 6.29. The Morgan fingerprint density at radius 2 is 1.81 bits per heavy atom. The summed E-state index contributed by atoms with van der Waals surface area (Å²) < 4.78 is 27.3. The van der Waals surface area contributed by atoms with Gasteiger partial charge < -0.3 is 10.2 Å². The molecule has 1 fully saturated rings. The third kappa shape index (κ3) is 4.03. The molecule has 0 atom stereocenters. The second-order valence-electron chi connectivity index (χ2n) is 5.49. The number of nitrogens with one attached hydrogen (secondary N) is 1. The van der Waals surface area contributed by atoms with Crippen LogP contribution >= 0.6 is 0 Å². The number of sulfonamides is 1. The van der Waals surface area contributed by atoms with Crippen LogP contribution < -0.4 is 5.32 Å². The summed E-state index contributed by atoms with van der Waals surface area (Å²) in [6, 6.07) is 7.31. The van der Waals surface area contributed by atoms with Crippen LogP contribution in [0.3, 0.4) is 0 Å². The van der Waals surface area contributed by atoms with Crippen molar-refractivity contribution in [3.05, 3.63) is 29.8 Å². The molecular weight excluding hydrogens is 286 g/mol. The zero-order valence-electron chi connectivity index (χ0n) is 12.9. The normalized spacial score (nSPS) is 18.0. The SMILES string of the molecule is CCCNCc1ccccc1S(=O)(=O)N1CCN(C)CC1. The summed E-state index contributed by atoms with van der Waals surface area (Å²) in [7, 11) is -1.37. The van der Waals surface area contributed by atoms with E-state index >= 15 is 0 Å². The largest absolute Gasteiger partial charge is 0.313 e. The van der Waals surface area contributed by atoms with E-state index in [1.54, 1.807) is 16.4 Å². The topological polar surface area (TPSA) is 52.7 Å². The van der Waals surface area contributed by atoms with Crippen molar-refractivity contribution in [3.8, 4) is 0 Å². The smallest absolute Gasteiger partial charge is 0.243 e. The predicted octanol–water partition coefficient (Wildman–Crippen LogP) is 1.12. The average Bonchev–Trinajstić information content (AvgIpc) is 2.48. The molecule has 0 aromatic heterocycles. The Bertz CT molecular complexity index is 552. The number of benzene rings is 1. The van der Waals surface area contributed by atoms with Crippen molar-refractivity contribution in [1.29, 1.82) is 0 Å². The van der Waals surface area contributed by atoms with Gasteiger partial charge in [-0.3, -0.25) is 0 Å². The van der Waals surface area contributed by atoms with E-state index in [-0.39, 0.29) is 0 Å². The van der Waals surface area contributed by atoms with Crippen LogP contribution in [0, 0.1) is 0 Å². The van der Waals surface area contributed by atoms with Gasteiger partial charge in [0, 0.05) is 32.7 Å². The van der Waals surface area contributed by atoms with Crippen molar-refractivity contribution in [2.24, 2.45) is 0 Å². The van der Waals surface area contributed by atoms with Crippen LogP contribution in [0.2, 0.25) is 0 Å². The van der Waals surface area contributed by atoms with Gasteiger partial charge in [-0.15, -0.1) is 0 Å². The molecule has 1 aliphatic rings. The molecule has 0 saturated carbocycles. The van der Waals surface area contributed by atoms with E-state index in [1.807, 2.05) is 19.2 Å². The fourth-order valence-electron chi connectivity index (χ4n) is 2.47.